The fourth-order valence-electron chi connectivity index (χ4n) is 2.19. The molecule has 0 amide bonds. The van der Waals surface area contributed by atoms with Crippen molar-refractivity contribution in [2.24, 2.45) is 12.8 Å². The average Bonchev–Trinajstić information content (AvgIpc) is 2.55. The van der Waals surface area contributed by atoms with Gasteiger partial charge in [-0.25, -0.2) is 0 Å². The SMILES string of the molecule is CCCC(OCC)C(N)Cc1c(C)nn(C)c1Cl. The van der Waals surface area contributed by atoms with Crippen LogP contribution in [0.1, 0.15) is 37.9 Å². The summed E-state index contributed by atoms with van der Waals surface area (Å²) in [6.07, 6.45) is 2.85. The van der Waals surface area contributed by atoms with Gasteiger partial charge in [-0.3, -0.25) is 4.68 Å². The third kappa shape index (κ3) is 3.70. The number of rotatable bonds is 7. The monoisotopic (exact) mass is 273 g/mol. The highest BCUT2D eigenvalue weighted by Crippen LogP contribution is 2.21. The van der Waals surface area contributed by atoms with Gasteiger partial charge in [0.2, 0.25) is 0 Å². The predicted octanol–water partition coefficient (Wildman–Crippen LogP) is 2.46. The van der Waals surface area contributed by atoms with Crippen LogP contribution in [0, 0.1) is 6.92 Å². The van der Waals surface area contributed by atoms with E-state index >= 15 is 0 Å². The van der Waals surface area contributed by atoms with Gasteiger partial charge in [-0.2, -0.15) is 5.10 Å². The Morgan fingerprint density at radius 2 is 2.11 bits per heavy atom. The fourth-order valence-corrected chi connectivity index (χ4v) is 2.44. The van der Waals surface area contributed by atoms with Crippen LogP contribution in [0.2, 0.25) is 5.15 Å². The zero-order chi connectivity index (χ0) is 13.7. The number of hydrogen-bond donors (Lipinski definition) is 1. The third-order valence-corrected chi connectivity index (χ3v) is 3.61. The number of halogens is 1. The molecule has 0 aliphatic rings. The first-order valence-corrected chi connectivity index (χ1v) is 6.94. The molecule has 0 aliphatic carbocycles. The van der Waals surface area contributed by atoms with Crippen LogP contribution in [0.5, 0.6) is 0 Å². The maximum atomic E-state index is 6.25. The number of ether oxygens (including phenoxy) is 1. The van der Waals surface area contributed by atoms with E-state index in [9.17, 15) is 0 Å². The zero-order valence-corrected chi connectivity index (χ0v) is 12.5. The average molecular weight is 274 g/mol. The molecule has 4 nitrogen and oxygen atoms in total. The summed E-state index contributed by atoms with van der Waals surface area (Å²) in [6.45, 7) is 6.79. The Hall–Kier alpha value is -0.580. The Morgan fingerprint density at radius 3 is 2.56 bits per heavy atom. The van der Waals surface area contributed by atoms with Gasteiger partial charge in [0.05, 0.1) is 11.8 Å². The van der Waals surface area contributed by atoms with Crippen molar-refractivity contribution in [3.63, 3.8) is 0 Å². The molecule has 0 spiro atoms. The number of nitrogens with two attached hydrogens (primary N) is 1. The number of aromatic nitrogens is 2. The van der Waals surface area contributed by atoms with Crippen molar-refractivity contribution in [3.8, 4) is 0 Å². The molecule has 0 saturated carbocycles. The summed E-state index contributed by atoms with van der Waals surface area (Å²) < 4.78 is 7.40. The summed E-state index contributed by atoms with van der Waals surface area (Å²) in [4.78, 5) is 0. The first kappa shape index (κ1) is 15.5. The Kier molecular flexibility index (Phi) is 6.12. The Morgan fingerprint density at radius 1 is 1.44 bits per heavy atom. The molecule has 1 heterocycles. The van der Waals surface area contributed by atoms with Gasteiger partial charge >= 0.3 is 0 Å². The summed E-state index contributed by atoms with van der Waals surface area (Å²) in [7, 11) is 1.84. The Labute approximate surface area is 114 Å². The molecule has 5 heteroatoms. The maximum Gasteiger partial charge on any atom is 0.130 e. The standard InChI is InChI=1S/C13H24ClN3O/c1-5-7-12(18-6-2)11(15)8-10-9(3)16-17(4)13(10)14/h11-12H,5-8,15H2,1-4H3. The van der Waals surface area contributed by atoms with Crippen molar-refractivity contribution in [2.75, 3.05) is 6.61 Å². The molecule has 0 saturated heterocycles. The minimum Gasteiger partial charge on any atom is -0.377 e. The van der Waals surface area contributed by atoms with Crippen LogP contribution in [-0.4, -0.2) is 28.5 Å². The predicted molar refractivity (Wildman–Crippen MR) is 75.0 cm³/mol. The van der Waals surface area contributed by atoms with Crippen LogP contribution in [0.25, 0.3) is 0 Å². The largest absolute Gasteiger partial charge is 0.377 e. The van der Waals surface area contributed by atoms with Crippen LogP contribution < -0.4 is 5.73 Å². The zero-order valence-electron chi connectivity index (χ0n) is 11.7. The Balaban J connectivity index is 2.75. The summed E-state index contributed by atoms with van der Waals surface area (Å²) in [5.74, 6) is 0. The van der Waals surface area contributed by atoms with Crippen LogP contribution in [-0.2, 0) is 18.2 Å². The lowest BCUT2D eigenvalue weighted by Gasteiger charge is -2.23. The Bertz CT molecular complexity index is 373. The lowest BCUT2D eigenvalue weighted by atomic mass is 9.99. The normalized spacial score (nSPS) is 14.8. The van der Waals surface area contributed by atoms with E-state index < -0.39 is 0 Å². The molecular weight excluding hydrogens is 250 g/mol. The van der Waals surface area contributed by atoms with Crippen molar-refractivity contribution >= 4 is 11.6 Å². The second-order valence-corrected chi connectivity index (χ2v) is 4.99. The number of hydrogen-bond acceptors (Lipinski definition) is 3. The summed E-state index contributed by atoms with van der Waals surface area (Å²) >= 11 is 6.22. The molecule has 0 aromatic carbocycles. The van der Waals surface area contributed by atoms with Crippen molar-refractivity contribution in [1.29, 1.82) is 0 Å². The maximum absolute atomic E-state index is 6.25. The van der Waals surface area contributed by atoms with Crippen LogP contribution in [0.4, 0.5) is 0 Å². The number of aryl methyl sites for hydroxylation is 2. The molecule has 0 radical (unpaired) electrons. The molecule has 1 aromatic heterocycles. The van der Waals surface area contributed by atoms with Gasteiger partial charge in [-0.15, -0.1) is 0 Å². The molecule has 1 aromatic rings. The van der Waals surface area contributed by atoms with Crippen LogP contribution in [0.3, 0.4) is 0 Å². The van der Waals surface area contributed by atoms with Gasteiger partial charge in [0.15, 0.2) is 0 Å². The highest BCUT2D eigenvalue weighted by atomic mass is 35.5. The minimum atomic E-state index is -0.0368. The lowest BCUT2D eigenvalue weighted by Crippen LogP contribution is -2.38. The quantitative estimate of drug-likeness (QED) is 0.830. The molecule has 104 valence electrons. The first-order valence-electron chi connectivity index (χ1n) is 6.56. The molecule has 18 heavy (non-hydrogen) atoms. The van der Waals surface area contributed by atoms with E-state index in [1.165, 1.54) is 0 Å². The highest BCUT2D eigenvalue weighted by molar-refractivity contribution is 6.30. The van der Waals surface area contributed by atoms with E-state index in [0.717, 1.165) is 24.1 Å². The van der Waals surface area contributed by atoms with E-state index in [-0.39, 0.29) is 12.1 Å². The van der Waals surface area contributed by atoms with Crippen LogP contribution in [0.15, 0.2) is 0 Å². The topological polar surface area (TPSA) is 53.1 Å². The smallest absolute Gasteiger partial charge is 0.130 e. The van der Waals surface area contributed by atoms with E-state index in [4.69, 9.17) is 22.1 Å². The van der Waals surface area contributed by atoms with Crippen molar-refractivity contribution < 1.29 is 4.74 Å². The molecule has 2 N–H and O–H groups in total. The van der Waals surface area contributed by atoms with Crippen molar-refractivity contribution in [3.05, 3.63) is 16.4 Å². The second kappa shape index (κ2) is 7.12. The fraction of sp³-hybridized carbons (Fsp3) is 0.769. The van der Waals surface area contributed by atoms with E-state index in [0.29, 0.717) is 18.2 Å². The van der Waals surface area contributed by atoms with Gasteiger partial charge < -0.3 is 10.5 Å². The van der Waals surface area contributed by atoms with Gasteiger partial charge in [-0.1, -0.05) is 24.9 Å². The second-order valence-electron chi connectivity index (χ2n) is 4.63. The number of nitrogens with zero attached hydrogens (tertiary/aromatic N) is 2. The third-order valence-electron chi connectivity index (χ3n) is 3.14. The summed E-state index contributed by atoms with van der Waals surface area (Å²) in [5.41, 5.74) is 8.23. The molecule has 0 fully saturated rings. The minimum absolute atomic E-state index is 0.0368. The van der Waals surface area contributed by atoms with Gasteiger partial charge in [0, 0.05) is 25.3 Å². The lowest BCUT2D eigenvalue weighted by molar-refractivity contribution is 0.0378. The van der Waals surface area contributed by atoms with E-state index in [2.05, 4.69) is 12.0 Å². The first-order chi connectivity index (χ1) is 8.51. The molecule has 2 unspecified atom stereocenters. The summed E-state index contributed by atoms with van der Waals surface area (Å²) in [5, 5.41) is 4.98. The molecule has 0 aliphatic heterocycles. The van der Waals surface area contributed by atoms with Crippen molar-refractivity contribution in [2.45, 2.75) is 52.2 Å². The molecular formula is C13H24ClN3O. The van der Waals surface area contributed by atoms with Gasteiger partial charge in [-0.05, 0) is 26.7 Å². The van der Waals surface area contributed by atoms with Gasteiger partial charge in [0.25, 0.3) is 0 Å². The van der Waals surface area contributed by atoms with Gasteiger partial charge in [0.1, 0.15) is 5.15 Å². The summed E-state index contributed by atoms with van der Waals surface area (Å²) in [6, 6.07) is -0.0368. The van der Waals surface area contributed by atoms with Crippen molar-refractivity contribution in [1.82, 2.24) is 9.78 Å². The molecule has 1 rings (SSSR count). The molecule has 0 bridgehead atoms. The highest BCUT2D eigenvalue weighted by Gasteiger charge is 2.21. The van der Waals surface area contributed by atoms with E-state index in [1.807, 2.05) is 20.9 Å². The molecule has 2 atom stereocenters. The van der Waals surface area contributed by atoms with E-state index in [1.54, 1.807) is 4.68 Å². The van der Waals surface area contributed by atoms with Crippen LogP contribution >= 0.6 is 11.6 Å².